The van der Waals surface area contributed by atoms with E-state index in [1.807, 2.05) is 12.1 Å². The highest BCUT2D eigenvalue weighted by molar-refractivity contribution is 5.91. The van der Waals surface area contributed by atoms with E-state index in [-0.39, 0.29) is 29.9 Å². The lowest BCUT2D eigenvalue weighted by atomic mass is 10.2. The number of carbonyl (C=O) groups is 1. The monoisotopic (exact) mass is 327 g/mol. The highest BCUT2D eigenvalue weighted by Crippen LogP contribution is 2.13. The Hall–Kier alpha value is -3.22. The standard InChI is InChI=1S/C17H14FN3O3/c18-13-1-3-14(4-2-13)23-11-16-21-15(10-24-16)17(22)20-9-12-5-7-19-8-6-12/h1-8,10H,9,11H2,(H,20,22). The third-order valence-corrected chi connectivity index (χ3v) is 3.16. The maximum Gasteiger partial charge on any atom is 0.273 e. The Balaban J connectivity index is 1.52. The topological polar surface area (TPSA) is 77.2 Å². The van der Waals surface area contributed by atoms with Crippen molar-refractivity contribution >= 4 is 5.91 Å². The van der Waals surface area contributed by atoms with Crippen molar-refractivity contribution in [1.82, 2.24) is 15.3 Å². The number of nitrogens with zero attached hydrogens (tertiary/aromatic N) is 2. The van der Waals surface area contributed by atoms with Gasteiger partial charge in [0.15, 0.2) is 12.3 Å². The summed E-state index contributed by atoms with van der Waals surface area (Å²) in [6.45, 7) is 0.416. The summed E-state index contributed by atoms with van der Waals surface area (Å²) >= 11 is 0. The van der Waals surface area contributed by atoms with Gasteiger partial charge in [-0.05, 0) is 42.0 Å². The van der Waals surface area contributed by atoms with Crippen LogP contribution in [0.25, 0.3) is 0 Å². The van der Waals surface area contributed by atoms with Gasteiger partial charge in [-0.1, -0.05) is 0 Å². The molecule has 2 heterocycles. The van der Waals surface area contributed by atoms with Gasteiger partial charge in [-0.2, -0.15) is 0 Å². The zero-order valence-electron chi connectivity index (χ0n) is 12.6. The van der Waals surface area contributed by atoms with Crippen LogP contribution in [0.1, 0.15) is 21.9 Å². The van der Waals surface area contributed by atoms with Crippen molar-refractivity contribution in [3.63, 3.8) is 0 Å². The van der Waals surface area contributed by atoms with Gasteiger partial charge in [0.25, 0.3) is 5.91 Å². The van der Waals surface area contributed by atoms with Crippen LogP contribution in [-0.4, -0.2) is 15.9 Å². The van der Waals surface area contributed by atoms with Gasteiger partial charge in [-0.15, -0.1) is 0 Å². The first-order valence-corrected chi connectivity index (χ1v) is 7.20. The molecule has 1 N–H and O–H groups in total. The van der Waals surface area contributed by atoms with Crippen molar-refractivity contribution in [1.29, 1.82) is 0 Å². The van der Waals surface area contributed by atoms with Gasteiger partial charge in [0.2, 0.25) is 5.89 Å². The van der Waals surface area contributed by atoms with E-state index in [9.17, 15) is 9.18 Å². The largest absolute Gasteiger partial charge is 0.484 e. The quantitative estimate of drug-likeness (QED) is 0.753. The molecule has 1 amide bonds. The summed E-state index contributed by atoms with van der Waals surface area (Å²) in [5, 5.41) is 2.74. The fourth-order valence-electron chi connectivity index (χ4n) is 1.93. The number of aromatic nitrogens is 2. The lowest BCUT2D eigenvalue weighted by Gasteiger charge is -2.03. The molecule has 0 atom stereocenters. The molecule has 0 fully saturated rings. The highest BCUT2D eigenvalue weighted by atomic mass is 19.1. The number of ether oxygens (including phenoxy) is 1. The van der Waals surface area contributed by atoms with E-state index >= 15 is 0 Å². The summed E-state index contributed by atoms with van der Waals surface area (Å²) in [7, 11) is 0. The van der Waals surface area contributed by atoms with E-state index in [1.165, 1.54) is 30.5 Å². The molecule has 0 unspecified atom stereocenters. The average Bonchev–Trinajstić information content (AvgIpc) is 3.09. The Morgan fingerprint density at radius 2 is 1.92 bits per heavy atom. The molecule has 0 aliphatic heterocycles. The molecular weight excluding hydrogens is 313 g/mol. The second-order valence-corrected chi connectivity index (χ2v) is 4.91. The second-order valence-electron chi connectivity index (χ2n) is 4.91. The maximum absolute atomic E-state index is 12.8. The molecule has 1 aromatic carbocycles. The lowest BCUT2D eigenvalue weighted by molar-refractivity contribution is 0.0946. The van der Waals surface area contributed by atoms with Crippen molar-refractivity contribution in [3.05, 3.63) is 78.0 Å². The number of hydrogen-bond acceptors (Lipinski definition) is 5. The molecular formula is C17H14FN3O3. The molecule has 0 bridgehead atoms. The van der Waals surface area contributed by atoms with Crippen LogP contribution in [0, 0.1) is 5.82 Å². The number of halogens is 1. The van der Waals surface area contributed by atoms with Gasteiger partial charge < -0.3 is 14.5 Å². The maximum atomic E-state index is 12.8. The normalized spacial score (nSPS) is 10.4. The average molecular weight is 327 g/mol. The van der Waals surface area contributed by atoms with Crippen molar-refractivity contribution in [2.24, 2.45) is 0 Å². The van der Waals surface area contributed by atoms with Crippen LogP contribution in [0.5, 0.6) is 5.75 Å². The predicted molar refractivity (Wildman–Crippen MR) is 82.6 cm³/mol. The van der Waals surface area contributed by atoms with Crippen LogP contribution in [0.4, 0.5) is 4.39 Å². The van der Waals surface area contributed by atoms with E-state index in [2.05, 4.69) is 15.3 Å². The molecule has 122 valence electrons. The van der Waals surface area contributed by atoms with Crippen LogP contribution in [0.2, 0.25) is 0 Å². The first kappa shape index (κ1) is 15.7. The Morgan fingerprint density at radius 1 is 1.17 bits per heavy atom. The Kier molecular flexibility index (Phi) is 4.81. The summed E-state index contributed by atoms with van der Waals surface area (Å²) in [5.41, 5.74) is 1.10. The van der Waals surface area contributed by atoms with Gasteiger partial charge in [0, 0.05) is 18.9 Å². The molecule has 0 radical (unpaired) electrons. The first-order valence-electron chi connectivity index (χ1n) is 7.20. The Morgan fingerprint density at radius 3 is 2.67 bits per heavy atom. The third-order valence-electron chi connectivity index (χ3n) is 3.16. The summed E-state index contributed by atoms with van der Waals surface area (Å²) < 4.78 is 23.4. The zero-order valence-corrected chi connectivity index (χ0v) is 12.6. The van der Waals surface area contributed by atoms with Crippen molar-refractivity contribution < 1.29 is 18.3 Å². The van der Waals surface area contributed by atoms with Gasteiger partial charge in [0.05, 0.1) is 0 Å². The fourth-order valence-corrected chi connectivity index (χ4v) is 1.93. The van der Waals surface area contributed by atoms with E-state index in [0.717, 1.165) is 5.56 Å². The fraction of sp³-hybridized carbons (Fsp3) is 0.118. The summed E-state index contributed by atoms with van der Waals surface area (Å²) in [4.78, 5) is 20.0. The number of amides is 1. The Labute approximate surface area is 137 Å². The smallest absolute Gasteiger partial charge is 0.273 e. The zero-order chi connectivity index (χ0) is 16.8. The number of nitrogens with one attached hydrogen (secondary N) is 1. The molecule has 0 aliphatic carbocycles. The second kappa shape index (κ2) is 7.36. The highest BCUT2D eigenvalue weighted by Gasteiger charge is 2.12. The van der Waals surface area contributed by atoms with Crippen molar-refractivity contribution in [2.45, 2.75) is 13.2 Å². The molecule has 3 rings (SSSR count). The molecule has 0 spiro atoms. The minimum absolute atomic E-state index is 0.0449. The van der Waals surface area contributed by atoms with E-state index < -0.39 is 0 Å². The minimum atomic E-state index is -0.344. The number of carbonyl (C=O) groups excluding carboxylic acids is 1. The first-order chi connectivity index (χ1) is 11.7. The number of hydrogen-bond donors (Lipinski definition) is 1. The SMILES string of the molecule is O=C(NCc1ccncc1)c1coc(COc2ccc(F)cc2)n1. The summed E-state index contributed by atoms with van der Waals surface area (Å²) in [5.74, 6) is 0.0573. The number of benzene rings is 1. The lowest BCUT2D eigenvalue weighted by Crippen LogP contribution is -2.23. The minimum Gasteiger partial charge on any atom is -0.484 e. The molecule has 2 aromatic heterocycles. The van der Waals surface area contributed by atoms with E-state index in [0.29, 0.717) is 12.3 Å². The predicted octanol–water partition coefficient (Wildman–Crippen LogP) is 2.72. The van der Waals surface area contributed by atoms with Crippen LogP contribution >= 0.6 is 0 Å². The number of pyridine rings is 1. The summed E-state index contributed by atoms with van der Waals surface area (Å²) in [6, 6.07) is 9.21. The van der Waals surface area contributed by atoms with Crippen LogP contribution in [-0.2, 0) is 13.2 Å². The van der Waals surface area contributed by atoms with Gasteiger partial charge in [0.1, 0.15) is 17.8 Å². The van der Waals surface area contributed by atoms with Gasteiger partial charge >= 0.3 is 0 Å². The molecule has 7 heteroatoms. The van der Waals surface area contributed by atoms with Crippen LogP contribution < -0.4 is 10.1 Å². The van der Waals surface area contributed by atoms with Gasteiger partial charge in [-0.25, -0.2) is 9.37 Å². The van der Waals surface area contributed by atoms with Crippen molar-refractivity contribution in [2.75, 3.05) is 0 Å². The van der Waals surface area contributed by atoms with Crippen LogP contribution in [0.3, 0.4) is 0 Å². The molecule has 0 saturated heterocycles. The van der Waals surface area contributed by atoms with Crippen LogP contribution in [0.15, 0.2) is 59.5 Å². The Bertz CT molecular complexity index is 803. The van der Waals surface area contributed by atoms with E-state index in [4.69, 9.17) is 9.15 Å². The van der Waals surface area contributed by atoms with Gasteiger partial charge in [-0.3, -0.25) is 9.78 Å². The van der Waals surface area contributed by atoms with E-state index in [1.54, 1.807) is 12.4 Å². The molecule has 3 aromatic rings. The molecule has 6 nitrogen and oxygen atoms in total. The molecule has 0 saturated carbocycles. The number of rotatable bonds is 6. The summed E-state index contributed by atoms with van der Waals surface area (Å²) in [6.07, 6.45) is 4.58. The number of oxazole rings is 1. The molecule has 0 aliphatic rings. The molecule has 24 heavy (non-hydrogen) atoms. The third kappa shape index (κ3) is 4.16. The van der Waals surface area contributed by atoms with Crippen molar-refractivity contribution in [3.8, 4) is 5.75 Å².